The van der Waals surface area contributed by atoms with Crippen molar-refractivity contribution in [2.75, 3.05) is 11.3 Å². The van der Waals surface area contributed by atoms with Gasteiger partial charge in [-0.1, -0.05) is 0 Å². The van der Waals surface area contributed by atoms with Gasteiger partial charge in [0.05, 0.1) is 34.6 Å². The second-order valence-corrected chi connectivity index (χ2v) is 6.33. The molecule has 0 atom stereocenters. The van der Waals surface area contributed by atoms with Gasteiger partial charge in [-0.2, -0.15) is 0 Å². The van der Waals surface area contributed by atoms with Crippen LogP contribution in [0.5, 0.6) is 5.75 Å². The Bertz CT molecular complexity index is 886. The summed E-state index contributed by atoms with van der Waals surface area (Å²) in [6.45, 7) is 2.41. The molecular formula is C15H15N3O3S. The van der Waals surface area contributed by atoms with Gasteiger partial charge in [-0.15, -0.1) is 0 Å². The zero-order chi connectivity index (χ0) is 15.6. The molecule has 0 amide bonds. The number of H-pyrrole nitrogens is 1. The third kappa shape index (κ3) is 2.89. The monoisotopic (exact) mass is 317 g/mol. The lowest BCUT2D eigenvalue weighted by Gasteiger charge is -2.09. The summed E-state index contributed by atoms with van der Waals surface area (Å²) < 4.78 is 32.6. The summed E-state index contributed by atoms with van der Waals surface area (Å²) in [5, 5.41) is 0. The number of imidazole rings is 1. The van der Waals surface area contributed by atoms with Gasteiger partial charge in [0.25, 0.3) is 10.0 Å². The van der Waals surface area contributed by atoms with E-state index in [1.165, 1.54) is 12.1 Å². The van der Waals surface area contributed by atoms with Crippen molar-refractivity contribution < 1.29 is 13.2 Å². The number of hydrogen-bond acceptors (Lipinski definition) is 4. The molecule has 6 nitrogen and oxygen atoms in total. The number of anilines is 1. The van der Waals surface area contributed by atoms with Crippen LogP contribution in [0.2, 0.25) is 0 Å². The van der Waals surface area contributed by atoms with E-state index in [9.17, 15) is 8.42 Å². The molecule has 3 aromatic rings. The van der Waals surface area contributed by atoms with Crippen LogP contribution in [-0.4, -0.2) is 25.0 Å². The molecule has 114 valence electrons. The maximum absolute atomic E-state index is 12.4. The van der Waals surface area contributed by atoms with E-state index in [0.717, 1.165) is 11.0 Å². The van der Waals surface area contributed by atoms with E-state index in [1.54, 1.807) is 36.7 Å². The van der Waals surface area contributed by atoms with Crippen LogP contribution in [0.15, 0.2) is 53.7 Å². The van der Waals surface area contributed by atoms with Crippen molar-refractivity contribution in [3.8, 4) is 5.75 Å². The van der Waals surface area contributed by atoms with Crippen molar-refractivity contribution in [3.63, 3.8) is 0 Å². The van der Waals surface area contributed by atoms with Crippen LogP contribution in [0.3, 0.4) is 0 Å². The van der Waals surface area contributed by atoms with Crippen LogP contribution >= 0.6 is 0 Å². The minimum Gasteiger partial charge on any atom is -0.494 e. The summed E-state index contributed by atoms with van der Waals surface area (Å²) in [4.78, 5) is 7.22. The highest BCUT2D eigenvalue weighted by atomic mass is 32.2. The zero-order valence-electron chi connectivity index (χ0n) is 11.9. The number of aromatic amines is 1. The van der Waals surface area contributed by atoms with Crippen LogP contribution in [0.25, 0.3) is 11.0 Å². The molecule has 2 aromatic carbocycles. The smallest absolute Gasteiger partial charge is 0.261 e. The van der Waals surface area contributed by atoms with E-state index in [-0.39, 0.29) is 4.90 Å². The highest BCUT2D eigenvalue weighted by molar-refractivity contribution is 7.92. The molecule has 0 spiro atoms. The highest BCUT2D eigenvalue weighted by Crippen LogP contribution is 2.21. The summed E-state index contributed by atoms with van der Waals surface area (Å²) in [6.07, 6.45) is 1.56. The van der Waals surface area contributed by atoms with Crippen LogP contribution in [0.4, 0.5) is 5.69 Å². The summed E-state index contributed by atoms with van der Waals surface area (Å²) in [6, 6.07) is 11.4. The topological polar surface area (TPSA) is 84.1 Å². The quantitative estimate of drug-likeness (QED) is 0.758. The van der Waals surface area contributed by atoms with E-state index in [0.29, 0.717) is 18.0 Å². The molecule has 1 aromatic heterocycles. The van der Waals surface area contributed by atoms with Gasteiger partial charge in [-0.05, 0) is 49.4 Å². The second-order valence-electron chi connectivity index (χ2n) is 4.64. The Morgan fingerprint density at radius 2 is 1.95 bits per heavy atom. The lowest BCUT2D eigenvalue weighted by Crippen LogP contribution is -2.12. The maximum atomic E-state index is 12.4. The molecule has 0 radical (unpaired) electrons. The molecular weight excluding hydrogens is 302 g/mol. The molecule has 2 N–H and O–H groups in total. The molecule has 0 aliphatic carbocycles. The van der Waals surface area contributed by atoms with Crippen molar-refractivity contribution in [1.82, 2.24) is 9.97 Å². The number of rotatable bonds is 5. The van der Waals surface area contributed by atoms with Crippen LogP contribution in [-0.2, 0) is 10.0 Å². The largest absolute Gasteiger partial charge is 0.494 e. The predicted molar refractivity (Wildman–Crippen MR) is 84.5 cm³/mol. The van der Waals surface area contributed by atoms with Crippen molar-refractivity contribution in [3.05, 3.63) is 48.8 Å². The Labute approximate surface area is 128 Å². The first-order valence-electron chi connectivity index (χ1n) is 6.77. The number of nitrogens with zero attached hydrogens (tertiary/aromatic N) is 1. The predicted octanol–water partition coefficient (Wildman–Crippen LogP) is 2.76. The molecule has 0 saturated carbocycles. The van der Waals surface area contributed by atoms with Crippen molar-refractivity contribution >= 4 is 26.7 Å². The zero-order valence-corrected chi connectivity index (χ0v) is 12.7. The minimum atomic E-state index is -3.64. The molecule has 0 unspecified atom stereocenters. The number of benzene rings is 2. The van der Waals surface area contributed by atoms with Crippen LogP contribution < -0.4 is 9.46 Å². The first kappa shape index (κ1) is 14.4. The molecule has 22 heavy (non-hydrogen) atoms. The summed E-state index contributed by atoms with van der Waals surface area (Å²) >= 11 is 0. The highest BCUT2D eigenvalue weighted by Gasteiger charge is 2.14. The number of ether oxygens (including phenoxy) is 1. The number of sulfonamides is 1. The summed E-state index contributed by atoms with van der Waals surface area (Å²) in [5.41, 5.74) is 2.03. The lowest BCUT2D eigenvalue weighted by molar-refractivity contribution is 0.340. The van der Waals surface area contributed by atoms with Crippen molar-refractivity contribution in [2.24, 2.45) is 0 Å². The normalized spacial score (nSPS) is 11.5. The van der Waals surface area contributed by atoms with Crippen molar-refractivity contribution in [2.45, 2.75) is 11.8 Å². The molecule has 0 aliphatic heterocycles. The maximum Gasteiger partial charge on any atom is 0.261 e. The van der Waals surface area contributed by atoms with E-state index < -0.39 is 10.0 Å². The number of aromatic nitrogens is 2. The van der Waals surface area contributed by atoms with Gasteiger partial charge in [0.15, 0.2) is 0 Å². The second kappa shape index (κ2) is 5.69. The fourth-order valence-corrected chi connectivity index (χ4v) is 3.14. The SMILES string of the molecule is CCOc1ccc(S(=O)(=O)Nc2ccc3nc[nH]c3c2)cc1. The summed E-state index contributed by atoms with van der Waals surface area (Å²) in [7, 11) is -3.64. The number of fused-ring (bicyclic) bond motifs is 1. The fourth-order valence-electron chi connectivity index (χ4n) is 2.09. The van der Waals surface area contributed by atoms with Crippen LogP contribution in [0.1, 0.15) is 6.92 Å². The average Bonchev–Trinajstić information content (AvgIpc) is 2.95. The van der Waals surface area contributed by atoms with Gasteiger partial charge in [0, 0.05) is 0 Å². The standard InChI is InChI=1S/C15H15N3O3S/c1-2-21-12-4-6-13(7-5-12)22(19,20)18-11-3-8-14-15(9-11)17-10-16-14/h3-10,18H,2H2,1H3,(H,16,17). The third-order valence-corrected chi connectivity index (χ3v) is 4.51. The van der Waals surface area contributed by atoms with E-state index in [1.807, 2.05) is 6.92 Å². The fraction of sp³-hybridized carbons (Fsp3) is 0.133. The van der Waals surface area contributed by atoms with E-state index in [2.05, 4.69) is 14.7 Å². The Kier molecular flexibility index (Phi) is 3.72. The Morgan fingerprint density at radius 3 is 2.68 bits per heavy atom. The minimum absolute atomic E-state index is 0.181. The average molecular weight is 317 g/mol. The Hall–Kier alpha value is -2.54. The van der Waals surface area contributed by atoms with Crippen molar-refractivity contribution in [1.29, 1.82) is 0 Å². The molecule has 0 fully saturated rings. The number of hydrogen-bond donors (Lipinski definition) is 2. The van der Waals surface area contributed by atoms with Gasteiger partial charge in [-0.3, -0.25) is 4.72 Å². The van der Waals surface area contributed by atoms with Gasteiger partial charge >= 0.3 is 0 Å². The summed E-state index contributed by atoms with van der Waals surface area (Å²) in [5.74, 6) is 0.639. The molecule has 3 rings (SSSR count). The first-order valence-corrected chi connectivity index (χ1v) is 8.25. The molecule has 0 bridgehead atoms. The number of nitrogens with one attached hydrogen (secondary N) is 2. The molecule has 0 aliphatic rings. The first-order chi connectivity index (χ1) is 10.6. The van der Waals surface area contributed by atoms with E-state index in [4.69, 9.17) is 4.74 Å². The molecule has 7 heteroatoms. The van der Waals surface area contributed by atoms with Gasteiger partial charge in [-0.25, -0.2) is 13.4 Å². The molecule has 1 heterocycles. The van der Waals surface area contributed by atoms with Gasteiger partial charge in [0.1, 0.15) is 5.75 Å². The van der Waals surface area contributed by atoms with E-state index >= 15 is 0 Å². The van der Waals surface area contributed by atoms with Gasteiger partial charge < -0.3 is 9.72 Å². The third-order valence-electron chi connectivity index (χ3n) is 3.12. The Balaban J connectivity index is 1.85. The van der Waals surface area contributed by atoms with Gasteiger partial charge in [0.2, 0.25) is 0 Å². The Morgan fingerprint density at radius 1 is 1.18 bits per heavy atom. The van der Waals surface area contributed by atoms with Crippen LogP contribution in [0, 0.1) is 0 Å². The molecule has 0 saturated heterocycles. The lowest BCUT2D eigenvalue weighted by atomic mass is 10.3.